The van der Waals surface area contributed by atoms with Crippen molar-refractivity contribution in [1.82, 2.24) is 0 Å². The van der Waals surface area contributed by atoms with Crippen molar-refractivity contribution in [3.63, 3.8) is 0 Å². The molecule has 0 atom stereocenters. The molecule has 0 unspecified atom stereocenters. The van der Waals surface area contributed by atoms with Crippen LogP contribution in [-0.4, -0.2) is 18.9 Å². The van der Waals surface area contributed by atoms with Crippen molar-refractivity contribution < 1.29 is 18.8 Å². The fraction of sp³-hybridized carbons (Fsp3) is 0.0769. The van der Waals surface area contributed by atoms with Crippen molar-refractivity contribution in [2.75, 3.05) is 7.11 Å². The molecule has 0 spiro atoms. The minimum absolute atomic E-state index is 0.0274. The maximum Gasteiger partial charge on any atom is 0.400 e. The van der Waals surface area contributed by atoms with Crippen LogP contribution in [0.3, 0.4) is 0 Å². The van der Waals surface area contributed by atoms with Crippen LogP contribution < -0.4 is 10.5 Å². The summed E-state index contributed by atoms with van der Waals surface area (Å²) in [5.74, 6) is -0.299. The minimum atomic E-state index is -0.751. The molecule has 1 heterocycles. The summed E-state index contributed by atoms with van der Waals surface area (Å²) in [6.07, 6.45) is 1.35. The van der Waals surface area contributed by atoms with E-state index in [1.807, 2.05) is 0 Å². The second-order valence-electron chi connectivity index (χ2n) is 3.68. The van der Waals surface area contributed by atoms with Crippen LogP contribution in [0, 0.1) is 0 Å². The van der Waals surface area contributed by atoms with Crippen molar-refractivity contribution in [1.29, 1.82) is 0 Å². The van der Waals surface area contributed by atoms with Gasteiger partial charge in [-0.05, 0) is 30.3 Å². The Balaban J connectivity index is 2.18. The molecule has 0 amide bonds. The van der Waals surface area contributed by atoms with Gasteiger partial charge in [-0.2, -0.15) is 0 Å². The van der Waals surface area contributed by atoms with Gasteiger partial charge in [-0.1, -0.05) is 16.8 Å². The first kappa shape index (κ1) is 14.0. The molecule has 0 bridgehead atoms. The molecule has 0 aliphatic rings. The molecule has 2 N–H and O–H groups in total. The molecule has 1 aromatic heterocycles. The Morgan fingerprint density at radius 3 is 2.85 bits per heavy atom. The summed E-state index contributed by atoms with van der Waals surface area (Å²) in [5, 5.41) is 4.00. The summed E-state index contributed by atoms with van der Waals surface area (Å²) < 4.78 is 9.99. The zero-order chi connectivity index (χ0) is 14.5. The van der Waals surface area contributed by atoms with E-state index in [4.69, 9.17) is 26.5 Å². The van der Waals surface area contributed by atoms with Gasteiger partial charge in [0.1, 0.15) is 5.75 Å². The SMILES string of the molecule is COc1ccc(Cl)cc1/C(N)=N/OC(=O)c1ccco1. The maximum atomic E-state index is 11.5. The highest BCUT2D eigenvalue weighted by atomic mass is 35.5. The monoisotopic (exact) mass is 294 g/mol. The van der Waals surface area contributed by atoms with Crippen molar-refractivity contribution >= 4 is 23.4 Å². The van der Waals surface area contributed by atoms with E-state index in [0.29, 0.717) is 16.3 Å². The van der Waals surface area contributed by atoms with Crippen molar-refractivity contribution in [3.8, 4) is 5.75 Å². The lowest BCUT2D eigenvalue weighted by Crippen LogP contribution is -2.16. The molecule has 0 fully saturated rings. The highest BCUT2D eigenvalue weighted by Crippen LogP contribution is 2.22. The quantitative estimate of drug-likeness (QED) is 0.405. The zero-order valence-electron chi connectivity index (χ0n) is 10.5. The van der Waals surface area contributed by atoms with E-state index in [1.54, 1.807) is 24.3 Å². The number of carbonyl (C=O) groups excluding carboxylic acids is 1. The van der Waals surface area contributed by atoms with Gasteiger partial charge in [-0.25, -0.2) is 4.79 Å². The van der Waals surface area contributed by atoms with Crippen LogP contribution in [0.4, 0.5) is 0 Å². The van der Waals surface area contributed by atoms with Gasteiger partial charge < -0.3 is 19.7 Å². The summed E-state index contributed by atoms with van der Waals surface area (Å²) in [6, 6.07) is 7.85. The number of benzene rings is 1. The van der Waals surface area contributed by atoms with Crippen molar-refractivity contribution in [3.05, 3.63) is 52.9 Å². The Morgan fingerprint density at radius 1 is 1.40 bits per heavy atom. The van der Waals surface area contributed by atoms with Gasteiger partial charge in [0, 0.05) is 5.02 Å². The first-order valence-corrected chi connectivity index (χ1v) is 5.92. The van der Waals surface area contributed by atoms with E-state index >= 15 is 0 Å². The molecule has 6 nitrogen and oxygen atoms in total. The number of hydrogen-bond acceptors (Lipinski definition) is 5. The number of nitrogens with zero attached hydrogens (tertiary/aromatic N) is 1. The first-order valence-electron chi connectivity index (χ1n) is 5.54. The average Bonchev–Trinajstić information content (AvgIpc) is 2.98. The summed E-state index contributed by atoms with van der Waals surface area (Å²) in [7, 11) is 1.48. The largest absolute Gasteiger partial charge is 0.496 e. The van der Waals surface area contributed by atoms with E-state index in [9.17, 15) is 4.79 Å². The molecule has 2 aromatic rings. The van der Waals surface area contributed by atoms with Crippen LogP contribution >= 0.6 is 11.6 Å². The number of carbonyl (C=O) groups is 1. The number of rotatable bonds is 4. The Labute approximate surface area is 119 Å². The fourth-order valence-electron chi connectivity index (χ4n) is 1.46. The smallest absolute Gasteiger partial charge is 0.400 e. The number of furan rings is 1. The van der Waals surface area contributed by atoms with Crippen LogP contribution in [0.5, 0.6) is 5.75 Å². The van der Waals surface area contributed by atoms with Crippen LogP contribution in [0.25, 0.3) is 0 Å². The molecule has 0 saturated heterocycles. The molecule has 2 rings (SSSR count). The highest BCUT2D eigenvalue weighted by Gasteiger charge is 2.12. The van der Waals surface area contributed by atoms with Gasteiger partial charge in [0.15, 0.2) is 5.84 Å². The van der Waals surface area contributed by atoms with E-state index < -0.39 is 5.97 Å². The highest BCUT2D eigenvalue weighted by molar-refractivity contribution is 6.31. The number of halogens is 1. The van der Waals surface area contributed by atoms with Gasteiger partial charge in [0.25, 0.3) is 0 Å². The molecule has 7 heteroatoms. The molecule has 0 aliphatic carbocycles. The molecule has 1 aromatic carbocycles. The summed E-state index contributed by atoms with van der Waals surface area (Å²) in [4.78, 5) is 16.2. The number of hydrogen-bond donors (Lipinski definition) is 1. The van der Waals surface area contributed by atoms with Gasteiger partial charge in [0.05, 0.1) is 18.9 Å². The lowest BCUT2D eigenvalue weighted by atomic mass is 10.2. The van der Waals surface area contributed by atoms with E-state index in [0.717, 1.165) is 0 Å². The zero-order valence-corrected chi connectivity index (χ0v) is 11.3. The average molecular weight is 295 g/mol. The molecule has 0 saturated carbocycles. The Bertz CT molecular complexity index is 638. The lowest BCUT2D eigenvalue weighted by molar-refractivity contribution is 0.0479. The Hall–Kier alpha value is -2.47. The lowest BCUT2D eigenvalue weighted by Gasteiger charge is -2.07. The second kappa shape index (κ2) is 6.12. The number of ether oxygens (including phenoxy) is 1. The van der Waals surface area contributed by atoms with Crippen LogP contribution in [-0.2, 0) is 4.84 Å². The molecule has 104 valence electrons. The third kappa shape index (κ3) is 3.10. The van der Waals surface area contributed by atoms with E-state index in [1.165, 1.54) is 19.4 Å². The second-order valence-corrected chi connectivity index (χ2v) is 4.11. The van der Waals surface area contributed by atoms with Crippen molar-refractivity contribution in [2.24, 2.45) is 10.9 Å². The topological polar surface area (TPSA) is 87.0 Å². The molecule has 20 heavy (non-hydrogen) atoms. The number of oxime groups is 1. The van der Waals surface area contributed by atoms with Gasteiger partial charge in [-0.15, -0.1) is 0 Å². The van der Waals surface area contributed by atoms with Crippen LogP contribution in [0.15, 0.2) is 46.2 Å². The summed E-state index contributed by atoms with van der Waals surface area (Å²) in [5.41, 5.74) is 6.17. The predicted octanol–water partition coefficient (Wildman–Crippen LogP) is 2.42. The van der Waals surface area contributed by atoms with E-state index in [2.05, 4.69) is 9.99 Å². The van der Waals surface area contributed by atoms with Gasteiger partial charge >= 0.3 is 5.97 Å². The summed E-state index contributed by atoms with van der Waals surface area (Å²) in [6.45, 7) is 0. The summed E-state index contributed by atoms with van der Waals surface area (Å²) >= 11 is 5.87. The van der Waals surface area contributed by atoms with Gasteiger partial charge in [0.2, 0.25) is 5.76 Å². The normalized spacial score (nSPS) is 11.2. The third-order valence-corrected chi connectivity index (χ3v) is 2.62. The number of amidine groups is 1. The molecular weight excluding hydrogens is 284 g/mol. The molecular formula is C13H11ClN2O4. The fourth-order valence-corrected chi connectivity index (χ4v) is 1.63. The van der Waals surface area contributed by atoms with E-state index in [-0.39, 0.29) is 11.6 Å². The predicted molar refractivity (Wildman–Crippen MR) is 72.9 cm³/mol. The van der Waals surface area contributed by atoms with Crippen LogP contribution in [0.2, 0.25) is 5.02 Å². The standard InChI is InChI=1S/C13H11ClN2O4/c1-18-10-5-4-8(14)7-9(10)12(15)16-20-13(17)11-3-2-6-19-11/h2-7H,1H3,(H2,15,16). The first-order chi connectivity index (χ1) is 9.61. The molecule has 0 aliphatic heterocycles. The third-order valence-electron chi connectivity index (χ3n) is 2.39. The number of methoxy groups -OCH3 is 1. The minimum Gasteiger partial charge on any atom is -0.496 e. The van der Waals surface area contributed by atoms with Gasteiger partial charge in [-0.3, -0.25) is 0 Å². The Kier molecular flexibility index (Phi) is 4.27. The van der Waals surface area contributed by atoms with Crippen LogP contribution in [0.1, 0.15) is 16.1 Å². The maximum absolute atomic E-state index is 11.5. The van der Waals surface area contributed by atoms with Crippen molar-refractivity contribution in [2.45, 2.75) is 0 Å². The number of nitrogens with two attached hydrogens (primary N) is 1. The Morgan fingerprint density at radius 2 is 2.20 bits per heavy atom. The molecule has 0 radical (unpaired) electrons.